The van der Waals surface area contributed by atoms with E-state index in [4.69, 9.17) is 5.73 Å². The first-order valence-corrected chi connectivity index (χ1v) is 8.49. The Bertz CT molecular complexity index is 704. The third kappa shape index (κ3) is 3.48. The summed E-state index contributed by atoms with van der Waals surface area (Å²) in [6, 6.07) is 3.91. The molecule has 2 aromatic rings. The quantitative estimate of drug-likeness (QED) is 0.900. The number of aromatic nitrogens is 3. The molecule has 24 heavy (non-hydrogen) atoms. The molecule has 3 rings (SSSR count). The summed E-state index contributed by atoms with van der Waals surface area (Å²) >= 11 is 0. The Hall–Kier alpha value is -2.21. The van der Waals surface area contributed by atoms with Crippen LogP contribution in [0.2, 0.25) is 0 Å². The second kappa shape index (κ2) is 6.73. The fourth-order valence-electron chi connectivity index (χ4n) is 3.39. The number of hydrogen-bond acceptors (Lipinski definition) is 4. The number of amides is 1. The van der Waals surface area contributed by atoms with E-state index in [9.17, 15) is 4.79 Å². The largest absolute Gasteiger partial charge is 0.352 e. The van der Waals surface area contributed by atoms with Gasteiger partial charge >= 0.3 is 0 Å². The second-order valence-electron chi connectivity index (χ2n) is 6.89. The molecule has 128 valence electrons. The maximum absolute atomic E-state index is 12.5. The van der Waals surface area contributed by atoms with Gasteiger partial charge in [-0.2, -0.15) is 0 Å². The van der Waals surface area contributed by atoms with Gasteiger partial charge in [0.2, 0.25) is 5.91 Å². The van der Waals surface area contributed by atoms with Crippen LogP contribution in [0.5, 0.6) is 0 Å². The first kappa shape index (κ1) is 16.6. The zero-order valence-corrected chi connectivity index (χ0v) is 14.3. The minimum Gasteiger partial charge on any atom is -0.352 e. The zero-order chi connectivity index (χ0) is 17.2. The molecular weight excluding hydrogens is 302 g/mol. The normalized spacial score (nSPS) is 23.9. The van der Waals surface area contributed by atoms with Crippen molar-refractivity contribution in [2.24, 2.45) is 11.7 Å². The van der Waals surface area contributed by atoms with Crippen LogP contribution in [0.15, 0.2) is 30.7 Å². The summed E-state index contributed by atoms with van der Waals surface area (Å²) in [6.07, 6.45) is 9.38. The van der Waals surface area contributed by atoms with Gasteiger partial charge in [-0.3, -0.25) is 9.36 Å². The molecule has 2 aromatic heterocycles. The number of nitrogens with one attached hydrogen (secondary N) is 1. The van der Waals surface area contributed by atoms with Crippen molar-refractivity contribution in [1.29, 1.82) is 0 Å². The number of hydrogen-bond donors (Lipinski definition) is 2. The van der Waals surface area contributed by atoms with Gasteiger partial charge in [-0.1, -0.05) is 18.9 Å². The van der Waals surface area contributed by atoms with Gasteiger partial charge in [0.15, 0.2) is 0 Å². The first-order chi connectivity index (χ1) is 11.5. The molecule has 2 atom stereocenters. The fraction of sp³-hybridized carbons (Fsp3) is 0.500. The van der Waals surface area contributed by atoms with Crippen LogP contribution in [0.1, 0.15) is 44.0 Å². The molecule has 0 bridgehead atoms. The van der Waals surface area contributed by atoms with Crippen LogP contribution in [0.25, 0.3) is 5.82 Å². The number of carbonyl (C=O) groups excluding carboxylic acids is 1. The van der Waals surface area contributed by atoms with Gasteiger partial charge in [-0.05, 0) is 38.3 Å². The highest BCUT2D eigenvalue weighted by molar-refractivity contribution is 5.80. The number of rotatable bonds is 4. The van der Waals surface area contributed by atoms with Crippen molar-refractivity contribution in [1.82, 2.24) is 19.9 Å². The van der Waals surface area contributed by atoms with Crippen LogP contribution < -0.4 is 11.1 Å². The van der Waals surface area contributed by atoms with Gasteiger partial charge in [0.05, 0.1) is 5.92 Å². The molecule has 1 amide bonds. The number of aryl methyl sites for hydroxylation is 1. The lowest BCUT2D eigenvalue weighted by Crippen LogP contribution is -2.52. The van der Waals surface area contributed by atoms with E-state index in [0.29, 0.717) is 6.54 Å². The van der Waals surface area contributed by atoms with Crippen molar-refractivity contribution in [2.75, 3.05) is 0 Å². The number of carbonyl (C=O) groups is 1. The number of imidazole rings is 1. The molecule has 1 aliphatic rings. The standard InChI is InChI=1S/C18H25N5O/c1-13-20-9-10-23(13)16-7-6-14(11-21-16)12-22-17(24)15-5-3-4-8-18(15,2)19/h6-7,9-11,15H,3-5,8,12,19H2,1-2H3,(H,22,24). The number of nitrogens with zero attached hydrogens (tertiary/aromatic N) is 3. The molecule has 1 saturated carbocycles. The van der Waals surface area contributed by atoms with Crippen molar-refractivity contribution < 1.29 is 4.79 Å². The van der Waals surface area contributed by atoms with Crippen molar-refractivity contribution in [2.45, 2.75) is 51.6 Å². The Kier molecular flexibility index (Phi) is 4.66. The Morgan fingerprint density at radius 2 is 2.25 bits per heavy atom. The molecule has 0 saturated heterocycles. The van der Waals surface area contributed by atoms with E-state index in [1.165, 1.54) is 0 Å². The van der Waals surface area contributed by atoms with E-state index in [2.05, 4.69) is 15.3 Å². The van der Waals surface area contributed by atoms with Crippen LogP contribution in [-0.4, -0.2) is 26.0 Å². The fourth-order valence-corrected chi connectivity index (χ4v) is 3.39. The maximum atomic E-state index is 12.5. The van der Waals surface area contributed by atoms with E-state index >= 15 is 0 Å². The molecule has 0 spiro atoms. The van der Waals surface area contributed by atoms with Gasteiger partial charge in [-0.25, -0.2) is 9.97 Å². The van der Waals surface area contributed by atoms with Crippen molar-refractivity contribution in [3.05, 3.63) is 42.1 Å². The molecule has 6 nitrogen and oxygen atoms in total. The van der Waals surface area contributed by atoms with Gasteiger partial charge < -0.3 is 11.1 Å². The highest BCUT2D eigenvalue weighted by Gasteiger charge is 2.37. The molecule has 0 aliphatic heterocycles. The molecule has 2 unspecified atom stereocenters. The number of nitrogens with two attached hydrogens (primary N) is 1. The summed E-state index contributed by atoms with van der Waals surface area (Å²) in [5.41, 5.74) is 6.87. The molecule has 2 heterocycles. The molecule has 0 aromatic carbocycles. The number of pyridine rings is 1. The van der Waals surface area contributed by atoms with Gasteiger partial charge in [-0.15, -0.1) is 0 Å². The highest BCUT2D eigenvalue weighted by Crippen LogP contribution is 2.31. The topological polar surface area (TPSA) is 85.8 Å². The van der Waals surface area contributed by atoms with Gasteiger partial charge in [0.1, 0.15) is 11.6 Å². The minimum atomic E-state index is -0.399. The summed E-state index contributed by atoms with van der Waals surface area (Å²) in [4.78, 5) is 21.1. The average molecular weight is 327 g/mol. The van der Waals surface area contributed by atoms with E-state index in [1.807, 2.05) is 36.7 Å². The van der Waals surface area contributed by atoms with E-state index in [1.54, 1.807) is 12.4 Å². The lowest BCUT2D eigenvalue weighted by Gasteiger charge is -2.37. The smallest absolute Gasteiger partial charge is 0.225 e. The van der Waals surface area contributed by atoms with Crippen molar-refractivity contribution in [3.8, 4) is 5.82 Å². The highest BCUT2D eigenvalue weighted by atomic mass is 16.1. The van der Waals surface area contributed by atoms with Crippen LogP contribution in [0.4, 0.5) is 0 Å². The summed E-state index contributed by atoms with van der Waals surface area (Å²) in [5.74, 6) is 1.66. The summed E-state index contributed by atoms with van der Waals surface area (Å²) in [5, 5.41) is 3.01. The average Bonchev–Trinajstić information content (AvgIpc) is 2.99. The van der Waals surface area contributed by atoms with E-state index < -0.39 is 5.54 Å². The Labute approximate surface area is 142 Å². The Balaban J connectivity index is 1.61. The van der Waals surface area contributed by atoms with Crippen LogP contribution in [0.3, 0.4) is 0 Å². The molecule has 1 aliphatic carbocycles. The molecule has 6 heteroatoms. The van der Waals surface area contributed by atoms with Gasteiger partial charge in [0, 0.05) is 30.7 Å². The monoisotopic (exact) mass is 327 g/mol. The van der Waals surface area contributed by atoms with Crippen LogP contribution in [0, 0.1) is 12.8 Å². The van der Waals surface area contributed by atoms with Crippen molar-refractivity contribution >= 4 is 5.91 Å². The van der Waals surface area contributed by atoms with Gasteiger partial charge in [0.25, 0.3) is 0 Å². The SMILES string of the molecule is Cc1nccn1-c1ccc(CNC(=O)C2CCCCC2(C)N)cn1. The molecule has 1 fully saturated rings. The second-order valence-corrected chi connectivity index (χ2v) is 6.89. The minimum absolute atomic E-state index is 0.0502. The molecule has 3 N–H and O–H groups in total. The van der Waals surface area contributed by atoms with E-state index in [-0.39, 0.29) is 11.8 Å². The van der Waals surface area contributed by atoms with E-state index in [0.717, 1.165) is 42.9 Å². The Morgan fingerprint density at radius 1 is 1.42 bits per heavy atom. The predicted molar refractivity (Wildman–Crippen MR) is 92.5 cm³/mol. The zero-order valence-electron chi connectivity index (χ0n) is 14.3. The third-order valence-electron chi connectivity index (χ3n) is 4.92. The predicted octanol–water partition coefficient (Wildman–Crippen LogP) is 2.10. The third-order valence-corrected chi connectivity index (χ3v) is 4.92. The Morgan fingerprint density at radius 3 is 2.88 bits per heavy atom. The lowest BCUT2D eigenvalue weighted by atomic mass is 9.74. The first-order valence-electron chi connectivity index (χ1n) is 8.49. The lowest BCUT2D eigenvalue weighted by molar-refractivity contribution is -0.128. The summed E-state index contributed by atoms with van der Waals surface area (Å²) in [6.45, 7) is 4.39. The van der Waals surface area contributed by atoms with Crippen LogP contribution in [-0.2, 0) is 11.3 Å². The summed E-state index contributed by atoms with van der Waals surface area (Å²) in [7, 11) is 0. The van der Waals surface area contributed by atoms with Crippen LogP contribution >= 0.6 is 0 Å². The molecular formula is C18H25N5O. The maximum Gasteiger partial charge on any atom is 0.225 e. The van der Waals surface area contributed by atoms with Crippen molar-refractivity contribution in [3.63, 3.8) is 0 Å². The summed E-state index contributed by atoms with van der Waals surface area (Å²) < 4.78 is 1.92. The molecule has 0 radical (unpaired) electrons.